The van der Waals surface area contributed by atoms with Crippen LogP contribution in [0.4, 0.5) is 28.4 Å². The quantitative estimate of drug-likeness (QED) is 0.313. The first kappa shape index (κ1) is 20.7. The molecule has 0 atom stereocenters. The van der Waals surface area contributed by atoms with E-state index >= 15 is 0 Å². The van der Waals surface area contributed by atoms with Crippen molar-refractivity contribution in [3.05, 3.63) is 76.8 Å². The first-order chi connectivity index (χ1) is 14.3. The highest BCUT2D eigenvalue weighted by Gasteiger charge is 2.12. The van der Waals surface area contributed by atoms with Crippen molar-refractivity contribution in [1.29, 1.82) is 0 Å². The van der Waals surface area contributed by atoms with Gasteiger partial charge in [0.15, 0.2) is 15.5 Å². The fraction of sp³-hybridized carbons (Fsp3) is 0.0526. The van der Waals surface area contributed by atoms with Gasteiger partial charge in [0.1, 0.15) is 22.8 Å². The van der Waals surface area contributed by atoms with Crippen LogP contribution in [0, 0.1) is 10.1 Å². The molecule has 0 saturated carbocycles. The third kappa shape index (κ3) is 4.89. The number of azo groups is 2. The Kier molecular flexibility index (Phi) is 5.93. The minimum atomic E-state index is -3.48. The largest absolute Gasteiger partial charge is 0.506 e. The van der Waals surface area contributed by atoms with Gasteiger partial charge in [-0.15, -0.1) is 20.5 Å². The van der Waals surface area contributed by atoms with E-state index in [0.29, 0.717) is 0 Å². The number of rotatable bonds is 6. The second-order valence-electron chi connectivity index (χ2n) is 6.06. The molecule has 0 amide bonds. The molecule has 3 rings (SSSR count). The van der Waals surface area contributed by atoms with Crippen molar-refractivity contribution >= 4 is 38.3 Å². The number of phenolic OH excluding ortho intramolecular Hbond substituents is 1. The molecule has 3 aromatic rings. The molecule has 0 aliphatic heterocycles. The average Bonchev–Trinajstić information content (AvgIpc) is 2.71. The molecule has 0 aliphatic carbocycles. The van der Waals surface area contributed by atoms with E-state index in [1.54, 1.807) is 30.3 Å². The summed E-state index contributed by atoms with van der Waals surface area (Å²) in [4.78, 5) is 10.5. The molecule has 0 aromatic heterocycles. The molecule has 1 N–H and O–H groups in total. The third-order valence-corrected chi connectivity index (χ3v) is 4.98. The molecular formula is C19H15N5O5S. The Morgan fingerprint density at radius 2 is 1.30 bits per heavy atom. The SMILES string of the molecule is CS(=O)(=O)c1ccc(O)c(N=Nc2ccccc2N=Nc2ccccc2[N+](=O)[O-])c1. The molecule has 0 radical (unpaired) electrons. The Hall–Kier alpha value is -3.99. The number of hydrogen-bond donors (Lipinski definition) is 1. The van der Waals surface area contributed by atoms with E-state index in [1.165, 1.54) is 36.4 Å². The summed E-state index contributed by atoms with van der Waals surface area (Å²) in [5.74, 6) is -0.245. The number of nitro groups is 1. The molecule has 0 saturated heterocycles. The normalized spacial score (nSPS) is 11.9. The Balaban J connectivity index is 1.95. The number of benzene rings is 3. The van der Waals surface area contributed by atoms with Crippen LogP contribution in [0.1, 0.15) is 0 Å². The Morgan fingerprint density at radius 1 is 0.800 bits per heavy atom. The summed E-state index contributed by atoms with van der Waals surface area (Å²) in [6.45, 7) is 0. The molecular weight excluding hydrogens is 410 g/mol. The topological polar surface area (TPSA) is 147 Å². The van der Waals surface area contributed by atoms with Gasteiger partial charge in [-0.05, 0) is 36.4 Å². The smallest absolute Gasteiger partial charge is 0.296 e. The molecule has 152 valence electrons. The Morgan fingerprint density at radius 3 is 1.87 bits per heavy atom. The maximum Gasteiger partial charge on any atom is 0.296 e. The third-order valence-electron chi connectivity index (χ3n) is 3.87. The lowest BCUT2D eigenvalue weighted by Crippen LogP contribution is -1.95. The molecule has 3 aromatic carbocycles. The lowest BCUT2D eigenvalue weighted by atomic mass is 10.3. The Labute approximate surface area is 171 Å². The van der Waals surface area contributed by atoms with Crippen LogP contribution < -0.4 is 0 Å². The lowest BCUT2D eigenvalue weighted by molar-refractivity contribution is -0.384. The van der Waals surface area contributed by atoms with E-state index in [1.807, 2.05) is 0 Å². The van der Waals surface area contributed by atoms with Crippen molar-refractivity contribution in [1.82, 2.24) is 0 Å². The second kappa shape index (κ2) is 8.57. The number of sulfone groups is 1. The minimum Gasteiger partial charge on any atom is -0.506 e. The maximum atomic E-state index is 11.7. The summed E-state index contributed by atoms with van der Waals surface area (Å²) in [5, 5.41) is 36.9. The van der Waals surface area contributed by atoms with Gasteiger partial charge in [0, 0.05) is 12.3 Å². The molecule has 0 unspecified atom stereocenters. The van der Waals surface area contributed by atoms with E-state index in [2.05, 4.69) is 20.5 Å². The van der Waals surface area contributed by atoms with Crippen LogP contribution >= 0.6 is 0 Å². The van der Waals surface area contributed by atoms with E-state index in [0.717, 1.165) is 6.26 Å². The molecule has 0 bridgehead atoms. The van der Waals surface area contributed by atoms with Crippen LogP contribution in [0.5, 0.6) is 5.75 Å². The number of aromatic hydroxyl groups is 1. The molecule has 0 heterocycles. The number of nitro benzene ring substituents is 1. The molecule has 0 fully saturated rings. The Bertz CT molecular complexity index is 1270. The number of nitrogens with zero attached hydrogens (tertiary/aromatic N) is 5. The molecule has 0 spiro atoms. The van der Waals surface area contributed by atoms with Gasteiger partial charge >= 0.3 is 0 Å². The van der Waals surface area contributed by atoms with Crippen LogP contribution in [0.3, 0.4) is 0 Å². The zero-order valence-electron chi connectivity index (χ0n) is 15.6. The summed E-state index contributed by atoms with van der Waals surface area (Å²) < 4.78 is 23.4. The zero-order chi connectivity index (χ0) is 21.7. The summed E-state index contributed by atoms with van der Waals surface area (Å²) in [5.41, 5.74) is 0.390. The summed E-state index contributed by atoms with van der Waals surface area (Å²) in [7, 11) is -3.48. The van der Waals surface area contributed by atoms with Crippen LogP contribution in [-0.2, 0) is 9.84 Å². The van der Waals surface area contributed by atoms with Crippen LogP contribution in [0.25, 0.3) is 0 Å². The predicted molar refractivity (Wildman–Crippen MR) is 109 cm³/mol. The summed E-state index contributed by atoms with van der Waals surface area (Å²) in [6, 6.07) is 16.1. The summed E-state index contributed by atoms with van der Waals surface area (Å²) in [6.07, 6.45) is 1.04. The minimum absolute atomic E-state index is 0.0152. The molecule has 30 heavy (non-hydrogen) atoms. The molecule has 11 heteroatoms. The van der Waals surface area contributed by atoms with E-state index in [9.17, 15) is 23.6 Å². The fourth-order valence-corrected chi connectivity index (χ4v) is 3.01. The van der Waals surface area contributed by atoms with Crippen molar-refractivity contribution in [2.24, 2.45) is 20.5 Å². The van der Waals surface area contributed by atoms with Gasteiger partial charge in [-0.2, -0.15) is 0 Å². The zero-order valence-corrected chi connectivity index (χ0v) is 16.4. The van der Waals surface area contributed by atoms with E-state index < -0.39 is 14.8 Å². The first-order valence-electron chi connectivity index (χ1n) is 8.45. The fourth-order valence-electron chi connectivity index (χ4n) is 2.37. The first-order valence-corrected chi connectivity index (χ1v) is 10.3. The number of phenols is 1. The van der Waals surface area contributed by atoms with Crippen LogP contribution in [0.2, 0.25) is 0 Å². The average molecular weight is 425 g/mol. The standard InChI is InChI=1S/C19H15N5O5S/c1-30(28,29)13-10-11-19(25)17(12-13)23-21-15-7-3-2-6-14(15)20-22-16-8-4-5-9-18(16)24(26)27/h2-12,25H,1H3. The van der Waals surface area contributed by atoms with Gasteiger partial charge in [-0.3, -0.25) is 10.1 Å². The van der Waals surface area contributed by atoms with Crippen molar-refractivity contribution in [3.8, 4) is 5.75 Å². The van der Waals surface area contributed by atoms with Crippen molar-refractivity contribution < 1.29 is 18.4 Å². The van der Waals surface area contributed by atoms with Gasteiger partial charge < -0.3 is 5.11 Å². The highest BCUT2D eigenvalue weighted by molar-refractivity contribution is 7.90. The highest BCUT2D eigenvalue weighted by Crippen LogP contribution is 2.35. The second-order valence-corrected chi connectivity index (χ2v) is 8.07. The van der Waals surface area contributed by atoms with Crippen LogP contribution in [0.15, 0.2) is 92.1 Å². The summed E-state index contributed by atoms with van der Waals surface area (Å²) >= 11 is 0. The van der Waals surface area contributed by atoms with Gasteiger partial charge in [0.05, 0.1) is 9.82 Å². The van der Waals surface area contributed by atoms with Gasteiger partial charge in [0.2, 0.25) is 0 Å². The van der Waals surface area contributed by atoms with Crippen molar-refractivity contribution in [3.63, 3.8) is 0 Å². The monoisotopic (exact) mass is 425 g/mol. The number of para-hydroxylation sites is 1. The molecule has 10 nitrogen and oxygen atoms in total. The number of hydrogen-bond acceptors (Lipinski definition) is 9. The van der Waals surface area contributed by atoms with Gasteiger partial charge in [0.25, 0.3) is 5.69 Å². The van der Waals surface area contributed by atoms with Gasteiger partial charge in [-0.25, -0.2) is 8.42 Å². The van der Waals surface area contributed by atoms with Crippen molar-refractivity contribution in [2.75, 3.05) is 6.26 Å². The highest BCUT2D eigenvalue weighted by atomic mass is 32.2. The predicted octanol–water partition coefficient (Wildman–Crippen LogP) is 5.53. The maximum absolute atomic E-state index is 11.7. The van der Waals surface area contributed by atoms with E-state index in [-0.39, 0.29) is 39.1 Å². The van der Waals surface area contributed by atoms with Crippen molar-refractivity contribution in [2.45, 2.75) is 4.90 Å². The van der Waals surface area contributed by atoms with Gasteiger partial charge in [-0.1, -0.05) is 24.3 Å². The van der Waals surface area contributed by atoms with Crippen LogP contribution in [-0.4, -0.2) is 24.7 Å². The molecule has 0 aliphatic rings. The van der Waals surface area contributed by atoms with E-state index in [4.69, 9.17) is 0 Å². The lowest BCUT2D eigenvalue weighted by Gasteiger charge is -2.02.